The van der Waals surface area contributed by atoms with Crippen molar-refractivity contribution in [3.63, 3.8) is 0 Å². The smallest absolute Gasteiger partial charge is 0.258 e. The predicted octanol–water partition coefficient (Wildman–Crippen LogP) is 4.37. The summed E-state index contributed by atoms with van der Waals surface area (Å²) < 4.78 is 11.7. The van der Waals surface area contributed by atoms with Crippen molar-refractivity contribution in [1.29, 1.82) is 0 Å². The normalized spacial score (nSPS) is 12.9. The van der Waals surface area contributed by atoms with E-state index >= 15 is 0 Å². The van der Waals surface area contributed by atoms with Crippen molar-refractivity contribution in [2.24, 2.45) is 0 Å². The highest BCUT2D eigenvalue weighted by Gasteiger charge is 2.28. The number of nitrogens with zero attached hydrogens (tertiary/aromatic N) is 1. The minimum absolute atomic E-state index is 0.0231. The van der Waals surface area contributed by atoms with Crippen LogP contribution in [0.25, 0.3) is 0 Å². The molecule has 0 bridgehead atoms. The van der Waals surface area contributed by atoms with E-state index in [1.165, 1.54) is 5.56 Å². The minimum Gasteiger partial charge on any atom is -0.493 e. The number of para-hydroxylation sites is 1. The topological polar surface area (TPSA) is 38.8 Å². The Morgan fingerprint density at radius 1 is 1.33 bits per heavy atom. The molecule has 0 fully saturated rings. The summed E-state index contributed by atoms with van der Waals surface area (Å²) in [6.45, 7) is 5.18. The Balaban J connectivity index is 1.99. The lowest BCUT2D eigenvalue weighted by molar-refractivity contribution is 0.0988. The van der Waals surface area contributed by atoms with Crippen molar-refractivity contribution in [3.8, 4) is 11.5 Å². The molecule has 4 nitrogen and oxygen atoms in total. The molecule has 1 aliphatic rings. The standard InChI is InChI=1S/C19H20BrNO3/c1-4-24-18-15(20)10-14(11-16(18)23-3)19(22)21-9-8-13-7-5-6-12(2)17(13)21/h5-7,10-11H,4,8-9H2,1-3H3. The molecule has 0 aromatic heterocycles. The van der Waals surface area contributed by atoms with Gasteiger partial charge in [-0.15, -0.1) is 0 Å². The van der Waals surface area contributed by atoms with Crippen molar-refractivity contribution in [3.05, 3.63) is 51.5 Å². The number of methoxy groups -OCH3 is 1. The van der Waals surface area contributed by atoms with Gasteiger partial charge in [0.25, 0.3) is 5.91 Å². The third kappa shape index (κ3) is 2.88. The molecular formula is C19H20BrNO3. The first kappa shape index (κ1) is 16.8. The number of benzene rings is 2. The van der Waals surface area contributed by atoms with E-state index in [4.69, 9.17) is 9.47 Å². The van der Waals surface area contributed by atoms with E-state index in [-0.39, 0.29) is 5.91 Å². The Morgan fingerprint density at radius 3 is 2.83 bits per heavy atom. The number of amides is 1. The van der Waals surface area contributed by atoms with E-state index < -0.39 is 0 Å². The van der Waals surface area contributed by atoms with Crippen LogP contribution in [0.2, 0.25) is 0 Å². The summed E-state index contributed by atoms with van der Waals surface area (Å²) in [7, 11) is 1.58. The maximum Gasteiger partial charge on any atom is 0.258 e. The zero-order chi connectivity index (χ0) is 17.3. The van der Waals surface area contributed by atoms with Gasteiger partial charge in [0.15, 0.2) is 11.5 Å². The Bertz CT molecular complexity index is 788. The van der Waals surface area contributed by atoms with E-state index in [0.717, 1.165) is 22.1 Å². The van der Waals surface area contributed by atoms with Gasteiger partial charge in [0.05, 0.1) is 23.9 Å². The number of ether oxygens (including phenoxy) is 2. The summed E-state index contributed by atoms with van der Waals surface area (Å²) in [6.07, 6.45) is 0.887. The van der Waals surface area contributed by atoms with Crippen LogP contribution in [0.4, 0.5) is 5.69 Å². The van der Waals surface area contributed by atoms with Gasteiger partial charge in [0.1, 0.15) is 0 Å². The lowest BCUT2D eigenvalue weighted by atomic mass is 10.1. The summed E-state index contributed by atoms with van der Waals surface area (Å²) in [6, 6.07) is 9.71. The van der Waals surface area contributed by atoms with Crippen LogP contribution in [0.5, 0.6) is 11.5 Å². The third-order valence-corrected chi connectivity index (χ3v) is 4.80. The quantitative estimate of drug-likeness (QED) is 0.779. The molecule has 0 unspecified atom stereocenters. The molecule has 1 amide bonds. The van der Waals surface area contributed by atoms with Gasteiger partial charge < -0.3 is 14.4 Å². The monoisotopic (exact) mass is 389 g/mol. The van der Waals surface area contributed by atoms with Crippen molar-refractivity contribution in [1.82, 2.24) is 0 Å². The Labute approximate surface area is 150 Å². The molecule has 0 radical (unpaired) electrons. The number of hydrogen-bond donors (Lipinski definition) is 0. The maximum absolute atomic E-state index is 13.1. The maximum atomic E-state index is 13.1. The number of fused-ring (bicyclic) bond motifs is 1. The van der Waals surface area contributed by atoms with Crippen molar-refractivity contribution < 1.29 is 14.3 Å². The minimum atomic E-state index is -0.0231. The highest BCUT2D eigenvalue weighted by molar-refractivity contribution is 9.10. The van der Waals surface area contributed by atoms with Crippen molar-refractivity contribution in [2.75, 3.05) is 25.2 Å². The van der Waals surface area contributed by atoms with Crippen LogP contribution in [-0.2, 0) is 6.42 Å². The Kier molecular flexibility index (Phi) is 4.81. The summed E-state index contributed by atoms with van der Waals surface area (Å²) in [4.78, 5) is 14.9. The molecule has 0 spiro atoms. The summed E-state index contributed by atoms with van der Waals surface area (Å²) in [5, 5.41) is 0. The molecule has 2 aromatic carbocycles. The van der Waals surface area contributed by atoms with Gasteiger partial charge >= 0.3 is 0 Å². The molecule has 24 heavy (non-hydrogen) atoms. The van der Waals surface area contributed by atoms with Gasteiger partial charge in [0.2, 0.25) is 0 Å². The molecule has 0 N–H and O–H groups in total. The Hall–Kier alpha value is -2.01. The van der Waals surface area contributed by atoms with Crippen molar-refractivity contribution in [2.45, 2.75) is 20.3 Å². The van der Waals surface area contributed by atoms with Gasteiger partial charge in [-0.25, -0.2) is 0 Å². The molecule has 1 heterocycles. The van der Waals surface area contributed by atoms with Gasteiger partial charge in [-0.3, -0.25) is 4.79 Å². The Morgan fingerprint density at radius 2 is 2.12 bits per heavy atom. The lowest BCUT2D eigenvalue weighted by Gasteiger charge is -2.20. The van der Waals surface area contributed by atoms with E-state index in [2.05, 4.69) is 22.0 Å². The second-order valence-electron chi connectivity index (χ2n) is 5.71. The number of hydrogen-bond acceptors (Lipinski definition) is 3. The number of halogens is 1. The highest BCUT2D eigenvalue weighted by Crippen LogP contribution is 2.38. The fraction of sp³-hybridized carbons (Fsp3) is 0.316. The van der Waals surface area contributed by atoms with Gasteiger partial charge in [-0.2, -0.15) is 0 Å². The van der Waals surface area contributed by atoms with E-state index in [1.807, 2.05) is 30.9 Å². The van der Waals surface area contributed by atoms with Gasteiger partial charge in [0, 0.05) is 12.1 Å². The zero-order valence-electron chi connectivity index (χ0n) is 14.1. The van der Waals surface area contributed by atoms with E-state index in [9.17, 15) is 4.79 Å². The average Bonchev–Trinajstić information content (AvgIpc) is 3.01. The number of carbonyl (C=O) groups is 1. The lowest BCUT2D eigenvalue weighted by Crippen LogP contribution is -2.29. The first-order chi connectivity index (χ1) is 11.6. The molecule has 0 atom stereocenters. The average molecular weight is 390 g/mol. The first-order valence-electron chi connectivity index (χ1n) is 7.97. The van der Waals surface area contributed by atoms with Gasteiger partial charge in [-0.1, -0.05) is 18.2 Å². The van der Waals surface area contributed by atoms with Crippen LogP contribution in [0.15, 0.2) is 34.8 Å². The number of anilines is 1. The largest absolute Gasteiger partial charge is 0.493 e. The highest BCUT2D eigenvalue weighted by atomic mass is 79.9. The fourth-order valence-corrected chi connectivity index (χ4v) is 3.69. The third-order valence-electron chi connectivity index (χ3n) is 4.21. The molecule has 126 valence electrons. The molecule has 2 aromatic rings. The fourth-order valence-electron chi connectivity index (χ4n) is 3.14. The number of aryl methyl sites for hydroxylation is 1. The first-order valence-corrected chi connectivity index (χ1v) is 8.76. The summed E-state index contributed by atoms with van der Waals surface area (Å²) in [5.41, 5.74) is 3.96. The van der Waals surface area contributed by atoms with Crippen LogP contribution >= 0.6 is 15.9 Å². The molecule has 0 saturated carbocycles. The summed E-state index contributed by atoms with van der Waals surface area (Å²) in [5.74, 6) is 1.15. The number of rotatable bonds is 4. The summed E-state index contributed by atoms with van der Waals surface area (Å²) >= 11 is 3.49. The van der Waals surface area contributed by atoms with Crippen LogP contribution in [0, 0.1) is 6.92 Å². The SMILES string of the molecule is CCOc1c(Br)cc(C(=O)N2CCc3cccc(C)c32)cc1OC. The molecule has 3 rings (SSSR count). The van der Waals surface area contributed by atoms with Crippen molar-refractivity contribution >= 4 is 27.5 Å². The molecule has 0 saturated heterocycles. The second kappa shape index (κ2) is 6.85. The van der Waals surface area contributed by atoms with E-state index in [1.54, 1.807) is 19.2 Å². The van der Waals surface area contributed by atoms with Crippen LogP contribution in [0.3, 0.4) is 0 Å². The number of carbonyl (C=O) groups excluding carboxylic acids is 1. The van der Waals surface area contributed by atoms with Crippen LogP contribution in [0.1, 0.15) is 28.4 Å². The van der Waals surface area contributed by atoms with Gasteiger partial charge in [-0.05, 0) is 59.5 Å². The zero-order valence-corrected chi connectivity index (χ0v) is 15.6. The van der Waals surface area contributed by atoms with Crippen LogP contribution in [-0.4, -0.2) is 26.2 Å². The predicted molar refractivity (Wildman–Crippen MR) is 98.4 cm³/mol. The molecule has 0 aliphatic carbocycles. The van der Waals surface area contributed by atoms with Crippen LogP contribution < -0.4 is 14.4 Å². The molecule has 5 heteroatoms. The van der Waals surface area contributed by atoms with E-state index in [0.29, 0.717) is 30.2 Å². The molecule has 1 aliphatic heterocycles. The molecular weight excluding hydrogens is 370 g/mol. The second-order valence-corrected chi connectivity index (χ2v) is 6.57.